The monoisotopic (exact) mass is 273 g/mol. The highest BCUT2D eigenvalue weighted by Gasteiger charge is 2.22. The molecular formula is C18H27NO. The molecule has 2 aliphatic rings. The average Bonchev–Trinajstić information content (AvgIpc) is 2.48. The standard InChI is InChI=1S/C18H27NO/c1-14-5-4-6-15(11-14)12-19-13-16-9-10-20-18-8-3-2-7-17(16)18/h2-3,7-8,14-16,19H,4-6,9-13H2,1H3. The molecule has 2 nitrogen and oxygen atoms in total. The highest BCUT2D eigenvalue weighted by Crippen LogP contribution is 2.33. The predicted molar refractivity (Wildman–Crippen MR) is 83.3 cm³/mol. The van der Waals surface area contributed by atoms with Crippen LogP contribution in [0.25, 0.3) is 0 Å². The minimum Gasteiger partial charge on any atom is -0.493 e. The molecule has 20 heavy (non-hydrogen) atoms. The Balaban J connectivity index is 1.49. The summed E-state index contributed by atoms with van der Waals surface area (Å²) >= 11 is 0. The van der Waals surface area contributed by atoms with E-state index in [4.69, 9.17) is 4.74 Å². The second-order valence-electron chi connectivity index (χ2n) is 6.67. The molecule has 0 amide bonds. The van der Waals surface area contributed by atoms with Gasteiger partial charge in [-0.2, -0.15) is 0 Å². The normalized spacial score (nSPS) is 29.6. The number of hydrogen-bond donors (Lipinski definition) is 1. The van der Waals surface area contributed by atoms with Gasteiger partial charge in [0.1, 0.15) is 5.75 Å². The van der Waals surface area contributed by atoms with E-state index in [-0.39, 0.29) is 0 Å². The Morgan fingerprint density at radius 1 is 1.15 bits per heavy atom. The molecule has 0 spiro atoms. The number of ether oxygens (including phenoxy) is 1. The zero-order valence-electron chi connectivity index (χ0n) is 12.6. The van der Waals surface area contributed by atoms with Gasteiger partial charge in [0, 0.05) is 12.5 Å². The van der Waals surface area contributed by atoms with Crippen molar-refractivity contribution in [2.75, 3.05) is 19.7 Å². The fourth-order valence-electron chi connectivity index (χ4n) is 3.83. The Hall–Kier alpha value is -1.02. The number of hydrogen-bond acceptors (Lipinski definition) is 2. The summed E-state index contributed by atoms with van der Waals surface area (Å²) in [6.45, 7) is 5.57. The molecule has 1 N–H and O–H groups in total. The van der Waals surface area contributed by atoms with Gasteiger partial charge in [0.2, 0.25) is 0 Å². The van der Waals surface area contributed by atoms with Gasteiger partial charge in [-0.25, -0.2) is 0 Å². The molecule has 1 heterocycles. The van der Waals surface area contributed by atoms with Crippen LogP contribution in [0.15, 0.2) is 24.3 Å². The van der Waals surface area contributed by atoms with Gasteiger partial charge < -0.3 is 10.1 Å². The fraction of sp³-hybridized carbons (Fsp3) is 0.667. The molecule has 2 heteroatoms. The van der Waals surface area contributed by atoms with Gasteiger partial charge in [-0.15, -0.1) is 0 Å². The number of benzene rings is 1. The molecule has 0 bridgehead atoms. The lowest BCUT2D eigenvalue weighted by Gasteiger charge is -2.29. The molecule has 0 saturated heterocycles. The van der Waals surface area contributed by atoms with Crippen LogP contribution in [0.4, 0.5) is 0 Å². The van der Waals surface area contributed by atoms with Gasteiger partial charge in [0.15, 0.2) is 0 Å². The summed E-state index contributed by atoms with van der Waals surface area (Å²) in [4.78, 5) is 0. The van der Waals surface area contributed by atoms with Crippen LogP contribution in [0, 0.1) is 11.8 Å². The maximum absolute atomic E-state index is 5.74. The lowest BCUT2D eigenvalue weighted by molar-refractivity contribution is 0.252. The molecule has 3 atom stereocenters. The van der Waals surface area contributed by atoms with Crippen molar-refractivity contribution in [2.45, 2.75) is 44.9 Å². The minimum absolute atomic E-state index is 0.626. The summed E-state index contributed by atoms with van der Waals surface area (Å²) in [7, 11) is 0. The van der Waals surface area contributed by atoms with E-state index in [1.807, 2.05) is 0 Å². The largest absolute Gasteiger partial charge is 0.493 e. The van der Waals surface area contributed by atoms with Gasteiger partial charge >= 0.3 is 0 Å². The first-order valence-electron chi connectivity index (χ1n) is 8.25. The highest BCUT2D eigenvalue weighted by molar-refractivity contribution is 5.37. The molecule has 3 unspecified atom stereocenters. The zero-order chi connectivity index (χ0) is 13.8. The van der Waals surface area contributed by atoms with Crippen molar-refractivity contribution in [1.82, 2.24) is 5.32 Å². The van der Waals surface area contributed by atoms with Crippen molar-refractivity contribution in [2.24, 2.45) is 11.8 Å². The minimum atomic E-state index is 0.626. The van der Waals surface area contributed by atoms with Gasteiger partial charge in [0.25, 0.3) is 0 Å². The molecule has 1 aromatic carbocycles. The Morgan fingerprint density at radius 2 is 2.05 bits per heavy atom. The fourth-order valence-corrected chi connectivity index (χ4v) is 3.83. The zero-order valence-corrected chi connectivity index (χ0v) is 12.6. The van der Waals surface area contributed by atoms with Crippen LogP contribution in [0.5, 0.6) is 5.75 Å². The van der Waals surface area contributed by atoms with Crippen molar-refractivity contribution in [3.63, 3.8) is 0 Å². The molecule has 1 saturated carbocycles. The third-order valence-electron chi connectivity index (χ3n) is 4.95. The Labute approximate surface area is 122 Å². The Bertz CT molecular complexity index is 431. The molecule has 1 aliphatic carbocycles. The second-order valence-corrected chi connectivity index (χ2v) is 6.67. The number of fused-ring (bicyclic) bond motifs is 1. The SMILES string of the molecule is CC1CCCC(CNCC2CCOc3ccccc32)C1. The van der Waals surface area contributed by atoms with E-state index in [2.05, 4.69) is 36.5 Å². The molecule has 0 radical (unpaired) electrons. The van der Waals surface area contributed by atoms with Gasteiger partial charge in [-0.05, 0) is 49.3 Å². The number of nitrogens with one attached hydrogen (secondary N) is 1. The van der Waals surface area contributed by atoms with E-state index in [9.17, 15) is 0 Å². The quantitative estimate of drug-likeness (QED) is 0.896. The summed E-state index contributed by atoms with van der Waals surface area (Å²) in [5, 5.41) is 3.73. The van der Waals surface area contributed by atoms with E-state index in [1.54, 1.807) is 0 Å². The second kappa shape index (κ2) is 6.62. The van der Waals surface area contributed by atoms with Crippen LogP contribution in [0.1, 0.15) is 50.5 Å². The van der Waals surface area contributed by atoms with E-state index in [1.165, 1.54) is 37.8 Å². The molecule has 3 rings (SSSR count). The van der Waals surface area contributed by atoms with E-state index >= 15 is 0 Å². The van der Waals surface area contributed by atoms with Crippen LogP contribution >= 0.6 is 0 Å². The van der Waals surface area contributed by atoms with Crippen molar-refractivity contribution in [1.29, 1.82) is 0 Å². The first-order chi connectivity index (χ1) is 9.83. The third kappa shape index (κ3) is 3.35. The first kappa shape index (κ1) is 13.9. The summed E-state index contributed by atoms with van der Waals surface area (Å²) in [6.07, 6.45) is 6.83. The van der Waals surface area contributed by atoms with Crippen molar-refractivity contribution >= 4 is 0 Å². The topological polar surface area (TPSA) is 21.3 Å². The summed E-state index contributed by atoms with van der Waals surface area (Å²) in [5.74, 6) is 3.55. The summed E-state index contributed by atoms with van der Waals surface area (Å²) < 4.78 is 5.74. The smallest absolute Gasteiger partial charge is 0.122 e. The molecule has 1 aliphatic heterocycles. The Kier molecular flexibility index (Phi) is 4.62. The Morgan fingerprint density at radius 3 is 2.95 bits per heavy atom. The van der Waals surface area contributed by atoms with Crippen LogP contribution in [-0.4, -0.2) is 19.7 Å². The van der Waals surface area contributed by atoms with Crippen molar-refractivity contribution in [3.05, 3.63) is 29.8 Å². The highest BCUT2D eigenvalue weighted by atomic mass is 16.5. The number of para-hydroxylation sites is 1. The van der Waals surface area contributed by atoms with Crippen molar-refractivity contribution < 1.29 is 4.74 Å². The molecular weight excluding hydrogens is 246 g/mol. The molecule has 0 aromatic heterocycles. The van der Waals surface area contributed by atoms with Crippen LogP contribution < -0.4 is 10.1 Å². The van der Waals surface area contributed by atoms with Crippen LogP contribution in [-0.2, 0) is 0 Å². The van der Waals surface area contributed by atoms with Gasteiger partial charge in [-0.1, -0.05) is 38.0 Å². The van der Waals surface area contributed by atoms with Crippen LogP contribution in [0.3, 0.4) is 0 Å². The van der Waals surface area contributed by atoms with Gasteiger partial charge in [0.05, 0.1) is 6.61 Å². The lowest BCUT2D eigenvalue weighted by atomic mass is 9.82. The maximum atomic E-state index is 5.74. The molecule has 1 fully saturated rings. The van der Waals surface area contributed by atoms with Crippen molar-refractivity contribution in [3.8, 4) is 5.75 Å². The number of rotatable bonds is 4. The third-order valence-corrected chi connectivity index (χ3v) is 4.95. The summed E-state index contributed by atoms with van der Waals surface area (Å²) in [5.41, 5.74) is 1.39. The van der Waals surface area contributed by atoms with E-state index < -0.39 is 0 Å². The van der Waals surface area contributed by atoms with Gasteiger partial charge in [-0.3, -0.25) is 0 Å². The predicted octanol–water partition coefficient (Wildman–Crippen LogP) is 3.97. The first-order valence-corrected chi connectivity index (χ1v) is 8.25. The lowest BCUT2D eigenvalue weighted by Crippen LogP contribution is -2.31. The summed E-state index contributed by atoms with van der Waals surface area (Å²) in [6, 6.07) is 8.52. The molecule has 1 aromatic rings. The van der Waals surface area contributed by atoms with E-state index in [0.29, 0.717) is 5.92 Å². The average molecular weight is 273 g/mol. The molecule has 110 valence electrons. The van der Waals surface area contributed by atoms with Crippen LogP contribution in [0.2, 0.25) is 0 Å². The maximum Gasteiger partial charge on any atom is 0.122 e. The van der Waals surface area contributed by atoms with E-state index in [0.717, 1.165) is 37.2 Å².